The molecular weight excluding hydrogens is 330 g/mol. The SMILES string of the molecule is CCOC(=O)N1CCC(NC(=O)CCNc2ccccc2C(C)C)CC1. The van der Waals surface area contributed by atoms with Crippen LogP contribution in [0, 0.1) is 0 Å². The molecule has 26 heavy (non-hydrogen) atoms. The maximum atomic E-state index is 12.2. The van der Waals surface area contributed by atoms with Crippen LogP contribution in [0.25, 0.3) is 0 Å². The molecule has 0 spiro atoms. The fourth-order valence-electron chi connectivity index (χ4n) is 3.19. The van der Waals surface area contributed by atoms with Gasteiger partial charge in [-0.2, -0.15) is 0 Å². The second kappa shape index (κ2) is 10.0. The Morgan fingerprint density at radius 3 is 2.58 bits per heavy atom. The summed E-state index contributed by atoms with van der Waals surface area (Å²) in [7, 11) is 0. The van der Waals surface area contributed by atoms with E-state index >= 15 is 0 Å². The maximum absolute atomic E-state index is 12.2. The van der Waals surface area contributed by atoms with E-state index in [1.165, 1.54) is 5.56 Å². The van der Waals surface area contributed by atoms with E-state index in [1.54, 1.807) is 11.8 Å². The van der Waals surface area contributed by atoms with E-state index in [2.05, 4.69) is 36.6 Å². The van der Waals surface area contributed by atoms with Crippen LogP contribution >= 0.6 is 0 Å². The number of rotatable bonds is 7. The number of nitrogens with zero attached hydrogens (tertiary/aromatic N) is 1. The van der Waals surface area contributed by atoms with Crippen molar-refractivity contribution >= 4 is 17.7 Å². The van der Waals surface area contributed by atoms with Gasteiger partial charge in [-0.25, -0.2) is 4.79 Å². The molecule has 1 aromatic rings. The molecule has 1 fully saturated rings. The lowest BCUT2D eigenvalue weighted by molar-refractivity contribution is -0.121. The summed E-state index contributed by atoms with van der Waals surface area (Å²) < 4.78 is 5.01. The van der Waals surface area contributed by atoms with Crippen LogP contribution in [0.5, 0.6) is 0 Å². The largest absolute Gasteiger partial charge is 0.450 e. The van der Waals surface area contributed by atoms with Gasteiger partial charge in [-0.15, -0.1) is 0 Å². The van der Waals surface area contributed by atoms with Crippen molar-refractivity contribution < 1.29 is 14.3 Å². The van der Waals surface area contributed by atoms with Crippen molar-refractivity contribution in [2.45, 2.75) is 52.0 Å². The molecule has 6 heteroatoms. The molecule has 0 bridgehead atoms. The van der Waals surface area contributed by atoms with Gasteiger partial charge < -0.3 is 20.3 Å². The first-order valence-corrected chi connectivity index (χ1v) is 9.55. The summed E-state index contributed by atoms with van der Waals surface area (Å²) >= 11 is 0. The summed E-state index contributed by atoms with van der Waals surface area (Å²) in [5.74, 6) is 0.492. The number of piperidine rings is 1. The zero-order chi connectivity index (χ0) is 18.9. The van der Waals surface area contributed by atoms with Gasteiger partial charge in [0.25, 0.3) is 0 Å². The third-order valence-corrected chi connectivity index (χ3v) is 4.64. The number of nitrogens with one attached hydrogen (secondary N) is 2. The molecule has 6 nitrogen and oxygen atoms in total. The average Bonchev–Trinajstić information content (AvgIpc) is 2.62. The van der Waals surface area contributed by atoms with Crippen LogP contribution in [-0.2, 0) is 9.53 Å². The number of ether oxygens (including phenoxy) is 1. The van der Waals surface area contributed by atoms with E-state index < -0.39 is 0 Å². The van der Waals surface area contributed by atoms with E-state index in [-0.39, 0.29) is 18.0 Å². The molecule has 2 amide bonds. The minimum absolute atomic E-state index is 0.0501. The molecule has 2 N–H and O–H groups in total. The van der Waals surface area contributed by atoms with E-state index in [9.17, 15) is 9.59 Å². The lowest BCUT2D eigenvalue weighted by atomic mass is 10.0. The first-order chi connectivity index (χ1) is 12.5. The number of benzene rings is 1. The quantitative estimate of drug-likeness (QED) is 0.781. The van der Waals surface area contributed by atoms with Crippen LogP contribution in [0.4, 0.5) is 10.5 Å². The van der Waals surface area contributed by atoms with Gasteiger partial charge in [-0.05, 0) is 37.3 Å². The van der Waals surface area contributed by atoms with Crippen molar-refractivity contribution in [1.29, 1.82) is 0 Å². The van der Waals surface area contributed by atoms with Crippen molar-refractivity contribution in [2.75, 3.05) is 31.6 Å². The van der Waals surface area contributed by atoms with E-state index in [0.29, 0.717) is 38.6 Å². The molecule has 2 rings (SSSR count). The highest BCUT2D eigenvalue weighted by atomic mass is 16.6. The fourth-order valence-corrected chi connectivity index (χ4v) is 3.19. The molecule has 1 aliphatic heterocycles. The van der Waals surface area contributed by atoms with Gasteiger partial charge in [0.15, 0.2) is 0 Å². The number of hydrogen-bond acceptors (Lipinski definition) is 4. The van der Waals surface area contributed by atoms with Gasteiger partial charge in [0.05, 0.1) is 6.61 Å². The van der Waals surface area contributed by atoms with Gasteiger partial charge in [-0.1, -0.05) is 32.0 Å². The number of likely N-dealkylation sites (tertiary alicyclic amines) is 1. The van der Waals surface area contributed by atoms with E-state index in [1.807, 2.05) is 12.1 Å². The molecule has 1 aliphatic rings. The molecule has 0 radical (unpaired) electrons. The molecule has 0 aliphatic carbocycles. The Morgan fingerprint density at radius 2 is 1.92 bits per heavy atom. The Kier molecular flexibility index (Phi) is 7.75. The van der Waals surface area contributed by atoms with Crippen molar-refractivity contribution in [3.8, 4) is 0 Å². The summed E-state index contributed by atoms with van der Waals surface area (Å²) in [6, 6.07) is 8.35. The molecule has 0 saturated carbocycles. The molecule has 0 unspecified atom stereocenters. The number of carbonyl (C=O) groups excluding carboxylic acids is 2. The fraction of sp³-hybridized carbons (Fsp3) is 0.600. The third-order valence-electron chi connectivity index (χ3n) is 4.64. The maximum Gasteiger partial charge on any atom is 0.409 e. The van der Waals surface area contributed by atoms with Crippen molar-refractivity contribution in [1.82, 2.24) is 10.2 Å². The Labute approximate surface area is 156 Å². The van der Waals surface area contributed by atoms with Gasteiger partial charge in [0.2, 0.25) is 5.91 Å². The zero-order valence-electron chi connectivity index (χ0n) is 16.1. The molecule has 1 aromatic carbocycles. The highest BCUT2D eigenvalue weighted by molar-refractivity contribution is 5.77. The predicted octanol–water partition coefficient (Wildman–Crippen LogP) is 3.35. The number of anilines is 1. The summed E-state index contributed by atoms with van der Waals surface area (Å²) in [6.45, 7) is 8.39. The van der Waals surface area contributed by atoms with Crippen LogP contribution in [0.3, 0.4) is 0 Å². The van der Waals surface area contributed by atoms with Gasteiger partial charge in [-0.3, -0.25) is 4.79 Å². The summed E-state index contributed by atoms with van der Waals surface area (Å²) in [4.78, 5) is 25.6. The highest BCUT2D eigenvalue weighted by Crippen LogP contribution is 2.23. The first kappa shape index (κ1) is 20.1. The van der Waals surface area contributed by atoms with Crippen LogP contribution in [-0.4, -0.2) is 49.2 Å². The Morgan fingerprint density at radius 1 is 1.23 bits per heavy atom. The lowest BCUT2D eigenvalue weighted by Gasteiger charge is -2.31. The minimum atomic E-state index is -0.259. The number of amides is 2. The van der Waals surface area contributed by atoms with Crippen molar-refractivity contribution in [3.05, 3.63) is 29.8 Å². The van der Waals surface area contributed by atoms with Crippen LogP contribution in [0.1, 0.15) is 51.5 Å². The highest BCUT2D eigenvalue weighted by Gasteiger charge is 2.24. The smallest absolute Gasteiger partial charge is 0.409 e. The first-order valence-electron chi connectivity index (χ1n) is 9.55. The second-order valence-corrected chi connectivity index (χ2v) is 6.95. The summed E-state index contributed by atoms with van der Waals surface area (Å²) in [5, 5.41) is 6.44. The van der Waals surface area contributed by atoms with Crippen molar-refractivity contribution in [2.24, 2.45) is 0 Å². The molecular formula is C20H31N3O3. The second-order valence-electron chi connectivity index (χ2n) is 6.95. The van der Waals surface area contributed by atoms with Crippen LogP contribution < -0.4 is 10.6 Å². The van der Waals surface area contributed by atoms with Gasteiger partial charge >= 0.3 is 6.09 Å². The molecule has 0 atom stereocenters. The molecule has 1 saturated heterocycles. The van der Waals surface area contributed by atoms with Crippen molar-refractivity contribution in [3.63, 3.8) is 0 Å². The normalized spacial score (nSPS) is 15.0. The van der Waals surface area contributed by atoms with Crippen LogP contribution in [0.2, 0.25) is 0 Å². The monoisotopic (exact) mass is 361 g/mol. The topological polar surface area (TPSA) is 70.7 Å². The zero-order valence-corrected chi connectivity index (χ0v) is 16.1. The average molecular weight is 361 g/mol. The van der Waals surface area contributed by atoms with E-state index in [0.717, 1.165) is 18.5 Å². The van der Waals surface area contributed by atoms with Gasteiger partial charge in [0, 0.05) is 37.8 Å². The number of para-hydroxylation sites is 1. The summed E-state index contributed by atoms with van der Waals surface area (Å²) in [5.41, 5.74) is 2.36. The Bertz CT molecular complexity index is 596. The lowest BCUT2D eigenvalue weighted by Crippen LogP contribution is -2.46. The van der Waals surface area contributed by atoms with E-state index in [4.69, 9.17) is 4.74 Å². The summed E-state index contributed by atoms with van der Waals surface area (Å²) in [6.07, 6.45) is 1.72. The molecule has 144 valence electrons. The number of carbonyl (C=O) groups is 2. The molecule has 0 aromatic heterocycles. The number of hydrogen-bond donors (Lipinski definition) is 2. The standard InChI is InChI=1S/C20H31N3O3/c1-4-26-20(25)23-13-10-16(11-14-23)22-19(24)9-12-21-18-8-6-5-7-17(18)15(2)3/h5-8,15-16,21H,4,9-14H2,1-3H3,(H,22,24). The third kappa shape index (κ3) is 5.93. The minimum Gasteiger partial charge on any atom is -0.450 e. The van der Waals surface area contributed by atoms with Crippen LogP contribution in [0.15, 0.2) is 24.3 Å². The Balaban J connectivity index is 1.69. The van der Waals surface area contributed by atoms with Gasteiger partial charge in [0.1, 0.15) is 0 Å². The predicted molar refractivity (Wildman–Crippen MR) is 103 cm³/mol. The molecule has 1 heterocycles. The Hall–Kier alpha value is -2.24.